The third-order valence-electron chi connectivity index (χ3n) is 7.63. The Morgan fingerprint density at radius 2 is 1.48 bits per heavy atom. The number of ether oxygens (including phenoxy) is 2. The van der Waals surface area contributed by atoms with Gasteiger partial charge < -0.3 is 24.3 Å². The lowest BCUT2D eigenvalue weighted by Gasteiger charge is -2.37. The molecule has 0 radical (unpaired) electrons. The average molecular weight is 655 g/mol. The van der Waals surface area contributed by atoms with Gasteiger partial charge in [-0.3, -0.25) is 9.78 Å². The molecule has 1 unspecified atom stereocenters. The van der Waals surface area contributed by atoms with Crippen molar-refractivity contribution in [3.63, 3.8) is 0 Å². The molecule has 0 aliphatic rings. The highest BCUT2D eigenvalue weighted by Crippen LogP contribution is 2.39. The zero-order valence-electron chi connectivity index (χ0n) is 29.4. The summed E-state index contributed by atoms with van der Waals surface area (Å²) in [5.74, 6) is 0.149. The van der Waals surface area contributed by atoms with Gasteiger partial charge in [0, 0.05) is 30.7 Å². The van der Waals surface area contributed by atoms with Gasteiger partial charge in [0.05, 0.1) is 18.8 Å². The standard InChI is InChI=1S/C37H58N2O6Si/c1-9-10-11-12-13-14-15-16-17-18-19-20-21-22-23-24-25-26-34(41)43-31(3)44-36(42)39-28-33-32(29-40)27-38-30(2)35(33)45-46(7,8)37(4,5)6/h10-11,13-14,16-17,19-20,22-23,27,31,40H,9,12,15,18,21,24-26,28-29H2,1-8H3,(H,39,42)/b11-10-,14-13-,17-16-,20-19-,23-22-. The van der Waals surface area contributed by atoms with E-state index in [4.69, 9.17) is 13.9 Å². The molecule has 1 amide bonds. The number of unbranched alkanes of at least 4 members (excludes halogenated alkanes) is 1. The number of nitrogens with one attached hydrogen (secondary N) is 1. The fraction of sp³-hybridized carbons (Fsp3) is 0.541. The van der Waals surface area contributed by atoms with Gasteiger partial charge in [-0.15, -0.1) is 0 Å². The van der Waals surface area contributed by atoms with Crippen LogP contribution in [0.1, 0.15) is 103 Å². The molecule has 9 heteroatoms. The van der Waals surface area contributed by atoms with E-state index in [-0.39, 0.29) is 24.6 Å². The minimum Gasteiger partial charge on any atom is -0.542 e. The van der Waals surface area contributed by atoms with Crippen molar-refractivity contribution >= 4 is 20.4 Å². The number of carbonyl (C=O) groups is 2. The van der Waals surface area contributed by atoms with Crippen LogP contribution in [0.5, 0.6) is 5.75 Å². The van der Waals surface area contributed by atoms with Crippen LogP contribution < -0.4 is 9.74 Å². The first kappa shape index (κ1) is 40.6. The average Bonchev–Trinajstić information content (AvgIpc) is 2.98. The molecule has 2 N–H and O–H groups in total. The number of aliphatic hydroxyl groups excluding tert-OH is 1. The largest absolute Gasteiger partial charge is 0.542 e. The van der Waals surface area contributed by atoms with Crippen LogP contribution >= 0.6 is 0 Å². The first-order valence-electron chi connectivity index (χ1n) is 16.5. The molecule has 0 saturated heterocycles. The summed E-state index contributed by atoms with van der Waals surface area (Å²) in [5.41, 5.74) is 1.89. The SMILES string of the molecule is CC/C=C\C/C=C\C/C=C\C/C=C\C/C=C\CCCC(=O)OC(C)OC(=O)NCc1c(CO)cnc(C)c1O[Si](C)(C)C(C)(C)C. The second-order valence-electron chi connectivity index (χ2n) is 12.6. The van der Waals surface area contributed by atoms with Crippen LogP contribution in [0, 0.1) is 6.92 Å². The number of nitrogens with zero attached hydrogens (tertiary/aromatic N) is 1. The van der Waals surface area contributed by atoms with Crippen LogP contribution in [-0.4, -0.2) is 36.8 Å². The Bertz CT molecular complexity index is 1210. The molecule has 1 aromatic heterocycles. The van der Waals surface area contributed by atoms with Crippen LogP contribution in [-0.2, 0) is 27.4 Å². The van der Waals surface area contributed by atoms with E-state index >= 15 is 0 Å². The summed E-state index contributed by atoms with van der Waals surface area (Å²) in [5, 5.41) is 12.6. The summed E-state index contributed by atoms with van der Waals surface area (Å²) in [6, 6.07) is 0. The van der Waals surface area contributed by atoms with Crippen molar-refractivity contribution in [2.24, 2.45) is 0 Å². The summed E-state index contributed by atoms with van der Waals surface area (Å²) < 4.78 is 17.0. The molecule has 0 fully saturated rings. The van der Waals surface area contributed by atoms with Crippen LogP contribution in [0.2, 0.25) is 18.1 Å². The van der Waals surface area contributed by atoms with Crippen LogP contribution in [0.25, 0.3) is 0 Å². The van der Waals surface area contributed by atoms with Gasteiger partial charge in [0.2, 0.25) is 6.29 Å². The number of hydrogen-bond acceptors (Lipinski definition) is 7. The molecule has 0 aliphatic heterocycles. The smallest absolute Gasteiger partial charge is 0.410 e. The molecule has 46 heavy (non-hydrogen) atoms. The predicted octanol–water partition coefficient (Wildman–Crippen LogP) is 9.30. The number of allylic oxidation sites excluding steroid dienone is 10. The molecule has 1 rings (SSSR count). The molecule has 1 aromatic rings. The molecular weight excluding hydrogens is 597 g/mol. The number of carbonyl (C=O) groups excluding carboxylic acids is 2. The number of aromatic nitrogens is 1. The first-order chi connectivity index (χ1) is 21.8. The van der Waals surface area contributed by atoms with Gasteiger partial charge in [-0.25, -0.2) is 4.79 Å². The Hall–Kier alpha value is -3.43. The van der Waals surface area contributed by atoms with Crippen molar-refractivity contribution < 1.29 is 28.6 Å². The fourth-order valence-corrected chi connectivity index (χ4v) is 4.99. The van der Waals surface area contributed by atoms with E-state index in [1.165, 1.54) is 6.92 Å². The highest BCUT2D eigenvalue weighted by Gasteiger charge is 2.40. The van der Waals surface area contributed by atoms with E-state index in [2.05, 4.69) is 112 Å². The van der Waals surface area contributed by atoms with Gasteiger partial charge in [-0.1, -0.05) is 88.5 Å². The number of esters is 1. The second kappa shape index (κ2) is 22.2. The molecule has 1 atom stereocenters. The maximum Gasteiger partial charge on any atom is 0.410 e. The molecule has 1 heterocycles. The minimum atomic E-state index is -2.22. The molecule has 0 aliphatic carbocycles. The van der Waals surface area contributed by atoms with E-state index in [1.807, 2.05) is 6.92 Å². The summed E-state index contributed by atoms with van der Waals surface area (Å²) >= 11 is 0. The third-order valence-corrected chi connectivity index (χ3v) is 12.0. The van der Waals surface area contributed by atoms with E-state index in [0.29, 0.717) is 29.0 Å². The molecule has 8 nitrogen and oxygen atoms in total. The van der Waals surface area contributed by atoms with Gasteiger partial charge in [0.15, 0.2) is 0 Å². The Balaban J connectivity index is 2.39. The van der Waals surface area contributed by atoms with Crippen LogP contribution in [0.3, 0.4) is 0 Å². The van der Waals surface area contributed by atoms with E-state index in [1.54, 1.807) is 6.20 Å². The topological polar surface area (TPSA) is 107 Å². The number of alkyl carbamates (subject to hydrolysis) is 1. The summed E-state index contributed by atoms with van der Waals surface area (Å²) in [4.78, 5) is 29.1. The Morgan fingerprint density at radius 3 is 2.00 bits per heavy atom. The third kappa shape index (κ3) is 16.8. The molecule has 256 valence electrons. The Labute approximate surface area is 278 Å². The number of pyridine rings is 1. The Kier molecular flexibility index (Phi) is 19.5. The zero-order chi connectivity index (χ0) is 34.4. The normalized spacial score (nSPS) is 13.4. The lowest BCUT2D eigenvalue weighted by atomic mass is 10.1. The van der Waals surface area contributed by atoms with Crippen molar-refractivity contribution in [2.75, 3.05) is 0 Å². The van der Waals surface area contributed by atoms with E-state index < -0.39 is 26.7 Å². The van der Waals surface area contributed by atoms with Crippen molar-refractivity contribution in [3.8, 4) is 5.75 Å². The van der Waals surface area contributed by atoms with Crippen molar-refractivity contribution in [1.29, 1.82) is 0 Å². The lowest BCUT2D eigenvalue weighted by Crippen LogP contribution is -2.44. The minimum absolute atomic E-state index is 0.0492. The van der Waals surface area contributed by atoms with Crippen molar-refractivity contribution in [2.45, 2.75) is 130 Å². The Morgan fingerprint density at radius 1 is 0.935 bits per heavy atom. The van der Waals surface area contributed by atoms with E-state index in [0.717, 1.165) is 38.5 Å². The number of aryl methyl sites for hydroxylation is 1. The zero-order valence-corrected chi connectivity index (χ0v) is 30.4. The second-order valence-corrected chi connectivity index (χ2v) is 17.3. The maximum absolute atomic E-state index is 12.5. The van der Waals surface area contributed by atoms with Gasteiger partial charge in [-0.2, -0.15) is 0 Å². The number of rotatable bonds is 20. The van der Waals surface area contributed by atoms with Crippen molar-refractivity contribution in [3.05, 3.63) is 83.8 Å². The van der Waals surface area contributed by atoms with Crippen LogP contribution in [0.4, 0.5) is 4.79 Å². The van der Waals surface area contributed by atoms with Crippen molar-refractivity contribution in [1.82, 2.24) is 10.3 Å². The predicted molar refractivity (Wildman–Crippen MR) is 190 cm³/mol. The van der Waals surface area contributed by atoms with E-state index in [9.17, 15) is 14.7 Å². The maximum atomic E-state index is 12.5. The van der Waals surface area contributed by atoms with Gasteiger partial charge in [0.1, 0.15) is 5.75 Å². The summed E-state index contributed by atoms with van der Waals surface area (Å²) in [6.07, 6.45) is 27.8. The molecular formula is C37H58N2O6Si. The summed E-state index contributed by atoms with van der Waals surface area (Å²) in [6.45, 7) is 16.0. The van der Waals surface area contributed by atoms with Gasteiger partial charge >= 0.3 is 12.1 Å². The lowest BCUT2D eigenvalue weighted by molar-refractivity contribution is -0.164. The quantitative estimate of drug-likeness (QED) is 0.0474. The molecule has 0 spiro atoms. The number of hydrogen-bond donors (Lipinski definition) is 2. The molecule has 0 aromatic carbocycles. The molecule has 0 bridgehead atoms. The molecule has 0 saturated carbocycles. The monoisotopic (exact) mass is 654 g/mol. The summed E-state index contributed by atoms with van der Waals surface area (Å²) in [7, 11) is -2.22. The number of amides is 1. The number of aliphatic hydroxyl groups is 1. The van der Waals surface area contributed by atoms with Gasteiger partial charge in [-0.05, 0) is 70.0 Å². The van der Waals surface area contributed by atoms with Crippen LogP contribution in [0.15, 0.2) is 67.0 Å². The highest BCUT2D eigenvalue weighted by molar-refractivity contribution is 6.74. The first-order valence-corrected chi connectivity index (χ1v) is 19.4. The highest BCUT2D eigenvalue weighted by atomic mass is 28.4. The fourth-order valence-electron chi connectivity index (χ4n) is 3.90. The van der Waals surface area contributed by atoms with Gasteiger partial charge in [0.25, 0.3) is 8.32 Å².